The summed E-state index contributed by atoms with van der Waals surface area (Å²) < 4.78 is 5.95. The fourth-order valence-electron chi connectivity index (χ4n) is 2.54. The van der Waals surface area contributed by atoms with Gasteiger partial charge >= 0.3 is 0 Å². The molecule has 0 fully saturated rings. The molecular weight excluding hydrogens is 212 g/mol. The minimum Gasteiger partial charge on any atom is -0.480 e. The summed E-state index contributed by atoms with van der Waals surface area (Å²) in [7, 11) is 0. The highest BCUT2D eigenvalue weighted by Crippen LogP contribution is 2.40. The normalized spacial score (nSPS) is 22.9. The summed E-state index contributed by atoms with van der Waals surface area (Å²) in [5.74, 6) is 0.937. The molecule has 1 aliphatic rings. The number of fused-ring (bicyclic) bond motifs is 1. The van der Waals surface area contributed by atoms with Crippen LogP contribution in [0.3, 0.4) is 0 Å². The predicted octanol–water partition coefficient (Wildman–Crippen LogP) is 3.20. The van der Waals surface area contributed by atoms with E-state index >= 15 is 0 Å². The van der Waals surface area contributed by atoms with Crippen molar-refractivity contribution in [3.8, 4) is 5.75 Å². The number of hydrogen-bond acceptors (Lipinski definition) is 2. The lowest BCUT2D eigenvalue weighted by atomic mass is 9.86. The Morgan fingerprint density at radius 1 is 1.06 bits per heavy atom. The third kappa shape index (κ3) is 1.76. The third-order valence-electron chi connectivity index (χ3n) is 4.21. The monoisotopic (exact) mass is 232 g/mol. The van der Waals surface area contributed by atoms with Crippen LogP contribution in [-0.4, -0.2) is 11.9 Å². The molecule has 0 aliphatic carbocycles. The maximum Gasteiger partial charge on any atom is 0.163 e. The van der Waals surface area contributed by atoms with E-state index in [1.807, 2.05) is 6.92 Å². The molecule has 1 atom stereocenters. The molecule has 17 heavy (non-hydrogen) atoms. The molecule has 1 aromatic carbocycles. The Hall–Kier alpha value is -1.31. The summed E-state index contributed by atoms with van der Waals surface area (Å²) in [6.45, 7) is 10.4. The molecule has 2 rings (SSSR count). The van der Waals surface area contributed by atoms with Crippen LogP contribution in [0.5, 0.6) is 5.75 Å². The minimum atomic E-state index is -0.647. The van der Waals surface area contributed by atoms with Gasteiger partial charge in [0.25, 0.3) is 0 Å². The van der Waals surface area contributed by atoms with Crippen LogP contribution in [-0.2, 0) is 11.2 Å². The van der Waals surface area contributed by atoms with E-state index in [0.29, 0.717) is 0 Å². The van der Waals surface area contributed by atoms with Crippen molar-refractivity contribution in [2.75, 3.05) is 0 Å². The molecule has 0 saturated carbocycles. The van der Waals surface area contributed by atoms with E-state index in [1.165, 1.54) is 27.8 Å². The number of hydrogen-bond donors (Lipinski definition) is 0. The highest BCUT2D eigenvalue weighted by atomic mass is 16.5. The van der Waals surface area contributed by atoms with Crippen LogP contribution in [0, 0.1) is 27.7 Å². The Labute approximate surface area is 103 Å². The van der Waals surface area contributed by atoms with Crippen molar-refractivity contribution in [2.24, 2.45) is 0 Å². The topological polar surface area (TPSA) is 26.3 Å². The molecule has 1 aliphatic heterocycles. The first-order valence-corrected chi connectivity index (χ1v) is 6.14. The van der Waals surface area contributed by atoms with Crippen molar-refractivity contribution in [3.63, 3.8) is 0 Å². The number of carbonyl (C=O) groups is 1. The predicted molar refractivity (Wildman–Crippen MR) is 68.8 cm³/mol. The summed E-state index contributed by atoms with van der Waals surface area (Å²) in [5, 5.41) is 0. The first-order chi connectivity index (χ1) is 7.89. The standard InChI is InChI=1S/C15H20O2/c1-9-10(2)12(4)14-13(11(9)3)6-7-15(5,8-16)17-14/h8H,6-7H2,1-5H3. The lowest BCUT2D eigenvalue weighted by molar-refractivity contribution is -0.121. The molecule has 2 nitrogen and oxygen atoms in total. The van der Waals surface area contributed by atoms with Crippen molar-refractivity contribution in [1.29, 1.82) is 0 Å². The van der Waals surface area contributed by atoms with Crippen LogP contribution >= 0.6 is 0 Å². The largest absolute Gasteiger partial charge is 0.480 e. The maximum atomic E-state index is 11.1. The van der Waals surface area contributed by atoms with Crippen molar-refractivity contribution in [1.82, 2.24) is 0 Å². The number of rotatable bonds is 1. The van der Waals surface area contributed by atoms with Crippen molar-refractivity contribution in [2.45, 2.75) is 53.1 Å². The van der Waals surface area contributed by atoms with Gasteiger partial charge in [0, 0.05) is 0 Å². The molecule has 0 bridgehead atoms. The number of benzene rings is 1. The van der Waals surface area contributed by atoms with Gasteiger partial charge in [0.15, 0.2) is 11.9 Å². The van der Waals surface area contributed by atoms with Crippen LogP contribution in [0.15, 0.2) is 0 Å². The first-order valence-electron chi connectivity index (χ1n) is 6.14. The Balaban J connectivity index is 2.63. The van der Waals surface area contributed by atoms with Crippen molar-refractivity contribution in [3.05, 3.63) is 27.8 Å². The molecule has 0 N–H and O–H groups in total. The third-order valence-corrected chi connectivity index (χ3v) is 4.21. The highest BCUT2D eigenvalue weighted by Gasteiger charge is 2.33. The van der Waals surface area contributed by atoms with Gasteiger partial charge in [-0.2, -0.15) is 0 Å². The first kappa shape index (κ1) is 12.2. The lowest BCUT2D eigenvalue weighted by Crippen LogP contribution is -2.38. The summed E-state index contributed by atoms with van der Waals surface area (Å²) in [4.78, 5) is 11.1. The Morgan fingerprint density at radius 2 is 1.65 bits per heavy atom. The average Bonchev–Trinajstić information content (AvgIpc) is 2.33. The zero-order valence-electron chi connectivity index (χ0n) is 11.3. The van der Waals surface area contributed by atoms with E-state index in [9.17, 15) is 4.79 Å². The Kier molecular flexibility index (Phi) is 2.76. The summed E-state index contributed by atoms with van der Waals surface area (Å²) in [6.07, 6.45) is 2.63. The van der Waals surface area contributed by atoms with Gasteiger partial charge in [-0.1, -0.05) is 0 Å². The highest BCUT2D eigenvalue weighted by molar-refractivity contribution is 5.65. The molecule has 1 unspecified atom stereocenters. The summed E-state index contributed by atoms with van der Waals surface area (Å²) >= 11 is 0. The Bertz CT molecular complexity index is 488. The van der Waals surface area contributed by atoms with Crippen molar-refractivity contribution >= 4 is 6.29 Å². The number of aldehydes is 1. The van der Waals surface area contributed by atoms with Gasteiger partial charge in [0.2, 0.25) is 0 Å². The quantitative estimate of drug-likeness (QED) is 0.695. The van der Waals surface area contributed by atoms with Crippen LogP contribution in [0.1, 0.15) is 41.2 Å². The molecule has 0 aromatic heterocycles. The zero-order chi connectivity index (χ0) is 12.8. The maximum absolute atomic E-state index is 11.1. The van der Waals surface area contributed by atoms with E-state index in [-0.39, 0.29) is 0 Å². The molecule has 0 amide bonds. The second-order valence-corrected chi connectivity index (χ2v) is 5.34. The van der Waals surface area contributed by atoms with E-state index in [1.54, 1.807) is 0 Å². The van der Waals surface area contributed by atoms with E-state index in [4.69, 9.17) is 4.74 Å². The number of ether oxygens (including phenoxy) is 1. The zero-order valence-corrected chi connectivity index (χ0v) is 11.3. The van der Waals surface area contributed by atoms with Crippen LogP contribution in [0.25, 0.3) is 0 Å². The smallest absolute Gasteiger partial charge is 0.163 e. The summed E-state index contributed by atoms with van der Waals surface area (Å²) in [6, 6.07) is 0. The van der Waals surface area contributed by atoms with Gasteiger partial charge in [0.1, 0.15) is 5.75 Å². The molecule has 0 radical (unpaired) electrons. The minimum absolute atomic E-state index is 0.647. The second kappa shape index (κ2) is 3.86. The van der Waals surface area contributed by atoms with Gasteiger partial charge in [-0.3, -0.25) is 4.79 Å². The molecule has 1 heterocycles. The van der Waals surface area contributed by atoms with Gasteiger partial charge < -0.3 is 4.74 Å². The van der Waals surface area contributed by atoms with Crippen molar-refractivity contribution < 1.29 is 9.53 Å². The van der Waals surface area contributed by atoms with E-state index in [0.717, 1.165) is 24.9 Å². The Morgan fingerprint density at radius 3 is 2.24 bits per heavy atom. The summed E-state index contributed by atoms with van der Waals surface area (Å²) in [5.41, 5.74) is 5.75. The molecule has 0 saturated heterocycles. The molecular formula is C15H20O2. The van der Waals surface area contributed by atoms with E-state index in [2.05, 4.69) is 27.7 Å². The fourth-order valence-corrected chi connectivity index (χ4v) is 2.54. The van der Waals surface area contributed by atoms with Gasteiger partial charge in [-0.25, -0.2) is 0 Å². The van der Waals surface area contributed by atoms with Gasteiger partial charge in [-0.05, 0) is 75.3 Å². The molecule has 2 heteroatoms. The van der Waals surface area contributed by atoms with Crippen LogP contribution in [0.2, 0.25) is 0 Å². The van der Waals surface area contributed by atoms with Crippen LogP contribution < -0.4 is 4.74 Å². The lowest BCUT2D eigenvalue weighted by Gasteiger charge is -2.34. The van der Waals surface area contributed by atoms with Crippen LogP contribution in [0.4, 0.5) is 0 Å². The number of carbonyl (C=O) groups excluding carboxylic acids is 1. The van der Waals surface area contributed by atoms with Gasteiger partial charge in [0.05, 0.1) is 0 Å². The SMILES string of the molecule is Cc1c(C)c(C)c2c(c1C)CCC(C)(C=O)O2. The van der Waals surface area contributed by atoms with Gasteiger partial charge in [-0.15, -0.1) is 0 Å². The van der Waals surface area contributed by atoms with E-state index < -0.39 is 5.60 Å². The molecule has 92 valence electrons. The molecule has 0 spiro atoms. The average molecular weight is 232 g/mol. The second-order valence-electron chi connectivity index (χ2n) is 5.34. The molecule has 1 aromatic rings. The fraction of sp³-hybridized carbons (Fsp3) is 0.533.